The van der Waals surface area contributed by atoms with E-state index in [1.54, 1.807) is 17.1 Å². The summed E-state index contributed by atoms with van der Waals surface area (Å²) in [4.78, 5) is 11.3. The summed E-state index contributed by atoms with van der Waals surface area (Å²) in [5.41, 5.74) is 0.752. The van der Waals surface area contributed by atoms with Gasteiger partial charge in [0.05, 0.1) is 11.9 Å². The molecule has 1 aromatic rings. The van der Waals surface area contributed by atoms with Gasteiger partial charge in [0.1, 0.15) is 0 Å². The second-order valence-electron chi connectivity index (χ2n) is 3.16. The van der Waals surface area contributed by atoms with Gasteiger partial charge in [0.2, 0.25) is 5.91 Å². The van der Waals surface area contributed by atoms with Gasteiger partial charge in [-0.15, -0.1) is 0 Å². The molecule has 0 aliphatic heterocycles. The quantitative estimate of drug-likeness (QED) is 0.668. The first-order chi connectivity index (χ1) is 6.72. The predicted octanol–water partition coefficient (Wildman–Crippen LogP) is 0.358. The molecule has 5 heteroatoms. The van der Waals surface area contributed by atoms with Crippen LogP contribution in [0.3, 0.4) is 0 Å². The fourth-order valence-electron chi connectivity index (χ4n) is 1.13. The molecule has 0 spiro atoms. The lowest BCUT2D eigenvalue weighted by atomic mass is 10.3. The van der Waals surface area contributed by atoms with Crippen molar-refractivity contribution in [1.29, 1.82) is 0 Å². The van der Waals surface area contributed by atoms with Crippen molar-refractivity contribution in [3.05, 3.63) is 12.4 Å². The van der Waals surface area contributed by atoms with E-state index in [-0.39, 0.29) is 5.91 Å². The van der Waals surface area contributed by atoms with Crippen LogP contribution in [-0.4, -0.2) is 29.3 Å². The predicted molar refractivity (Wildman–Crippen MR) is 55.0 cm³/mol. The molecule has 1 rings (SSSR count). The van der Waals surface area contributed by atoms with Crippen LogP contribution in [0.1, 0.15) is 12.8 Å². The molecule has 0 atom stereocenters. The van der Waals surface area contributed by atoms with Crippen LogP contribution in [0.2, 0.25) is 0 Å². The number of rotatable bonds is 5. The number of hydrogen-bond acceptors (Lipinski definition) is 3. The Hall–Kier alpha value is -1.36. The average Bonchev–Trinajstić information content (AvgIpc) is 2.52. The lowest BCUT2D eigenvalue weighted by Crippen LogP contribution is -2.14. The van der Waals surface area contributed by atoms with E-state index >= 15 is 0 Å². The Kier molecular flexibility index (Phi) is 4.12. The van der Waals surface area contributed by atoms with Gasteiger partial charge in [-0.25, -0.2) is 0 Å². The normalized spacial score (nSPS) is 10.1. The van der Waals surface area contributed by atoms with Gasteiger partial charge in [0.25, 0.3) is 0 Å². The monoisotopic (exact) mass is 196 g/mol. The van der Waals surface area contributed by atoms with Gasteiger partial charge in [-0.3, -0.25) is 9.48 Å². The van der Waals surface area contributed by atoms with Gasteiger partial charge < -0.3 is 10.6 Å². The Bertz CT molecular complexity index is 295. The Morgan fingerprint density at radius 2 is 2.43 bits per heavy atom. The van der Waals surface area contributed by atoms with Gasteiger partial charge in [-0.2, -0.15) is 5.10 Å². The fourth-order valence-corrected chi connectivity index (χ4v) is 1.13. The van der Waals surface area contributed by atoms with E-state index in [0.717, 1.165) is 18.7 Å². The van der Waals surface area contributed by atoms with Crippen LogP contribution in [-0.2, 0) is 11.8 Å². The van der Waals surface area contributed by atoms with E-state index in [9.17, 15) is 4.79 Å². The first-order valence-corrected chi connectivity index (χ1v) is 4.65. The smallest absolute Gasteiger partial charge is 0.224 e. The highest BCUT2D eigenvalue weighted by Gasteiger charge is 2.02. The minimum absolute atomic E-state index is 0.0354. The van der Waals surface area contributed by atoms with Gasteiger partial charge in [0.15, 0.2) is 0 Å². The zero-order valence-corrected chi connectivity index (χ0v) is 8.58. The molecule has 1 heterocycles. The Morgan fingerprint density at radius 3 is 3.00 bits per heavy atom. The molecular weight excluding hydrogens is 180 g/mol. The standard InChI is InChI=1S/C9H16N4O/c1-10-5-3-4-9(14)12-8-6-11-13(2)7-8/h6-7,10H,3-5H2,1-2H3,(H,12,14). The summed E-state index contributed by atoms with van der Waals surface area (Å²) in [6.07, 6.45) is 4.80. The van der Waals surface area contributed by atoms with Crippen LogP contribution in [0.15, 0.2) is 12.4 Å². The van der Waals surface area contributed by atoms with Crippen molar-refractivity contribution in [2.45, 2.75) is 12.8 Å². The molecule has 78 valence electrons. The largest absolute Gasteiger partial charge is 0.323 e. The highest BCUT2D eigenvalue weighted by atomic mass is 16.1. The van der Waals surface area contributed by atoms with E-state index in [2.05, 4.69) is 15.7 Å². The van der Waals surface area contributed by atoms with Crippen molar-refractivity contribution in [3.8, 4) is 0 Å². The maximum absolute atomic E-state index is 11.3. The second-order valence-corrected chi connectivity index (χ2v) is 3.16. The molecule has 2 N–H and O–H groups in total. The number of nitrogens with one attached hydrogen (secondary N) is 2. The van der Waals surface area contributed by atoms with Crippen molar-refractivity contribution in [3.63, 3.8) is 0 Å². The number of nitrogens with zero attached hydrogens (tertiary/aromatic N) is 2. The van der Waals surface area contributed by atoms with Gasteiger partial charge in [0, 0.05) is 19.7 Å². The van der Waals surface area contributed by atoms with Gasteiger partial charge in [-0.05, 0) is 20.0 Å². The Labute approximate surface area is 83.5 Å². The number of anilines is 1. The molecule has 0 radical (unpaired) electrons. The first-order valence-electron chi connectivity index (χ1n) is 4.65. The molecule has 0 saturated heterocycles. The molecule has 1 aromatic heterocycles. The first kappa shape index (κ1) is 10.7. The minimum atomic E-state index is 0.0354. The van der Waals surface area contributed by atoms with Crippen LogP contribution in [0.25, 0.3) is 0 Å². The van der Waals surface area contributed by atoms with Crippen molar-refractivity contribution in [2.75, 3.05) is 18.9 Å². The van der Waals surface area contributed by atoms with Crippen LogP contribution < -0.4 is 10.6 Å². The maximum atomic E-state index is 11.3. The molecule has 0 aromatic carbocycles. The zero-order chi connectivity index (χ0) is 10.4. The summed E-state index contributed by atoms with van der Waals surface area (Å²) in [6.45, 7) is 0.862. The SMILES string of the molecule is CNCCCC(=O)Nc1cnn(C)c1. The van der Waals surface area contributed by atoms with Crippen molar-refractivity contribution >= 4 is 11.6 Å². The number of aromatic nitrogens is 2. The van der Waals surface area contributed by atoms with Crippen LogP contribution >= 0.6 is 0 Å². The van der Waals surface area contributed by atoms with Crippen molar-refractivity contribution < 1.29 is 4.79 Å². The molecule has 0 aliphatic carbocycles. The molecule has 0 saturated carbocycles. The Morgan fingerprint density at radius 1 is 1.64 bits per heavy atom. The topological polar surface area (TPSA) is 59.0 Å². The molecule has 0 aliphatic rings. The number of aryl methyl sites for hydroxylation is 1. The third-order valence-corrected chi connectivity index (χ3v) is 1.82. The molecule has 1 amide bonds. The zero-order valence-electron chi connectivity index (χ0n) is 8.58. The van der Waals surface area contributed by atoms with Crippen molar-refractivity contribution in [1.82, 2.24) is 15.1 Å². The molecule has 0 fully saturated rings. The third kappa shape index (κ3) is 3.57. The summed E-state index contributed by atoms with van der Waals surface area (Å²) in [7, 11) is 3.69. The van der Waals surface area contributed by atoms with E-state index in [4.69, 9.17) is 0 Å². The van der Waals surface area contributed by atoms with Crippen molar-refractivity contribution in [2.24, 2.45) is 7.05 Å². The van der Waals surface area contributed by atoms with Crippen LogP contribution in [0.4, 0.5) is 5.69 Å². The summed E-state index contributed by atoms with van der Waals surface area (Å²) in [5, 5.41) is 9.72. The maximum Gasteiger partial charge on any atom is 0.224 e. The molecule has 0 unspecified atom stereocenters. The fraction of sp³-hybridized carbons (Fsp3) is 0.556. The summed E-state index contributed by atoms with van der Waals surface area (Å²) in [5.74, 6) is 0.0354. The van der Waals surface area contributed by atoms with E-state index in [1.807, 2.05) is 14.1 Å². The molecule has 14 heavy (non-hydrogen) atoms. The molecular formula is C9H16N4O. The second kappa shape index (κ2) is 5.39. The number of carbonyl (C=O) groups excluding carboxylic acids is 1. The summed E-state index contributed by atoms with van der Waals surface area (Å²) < 4.78 is 1.66. The highest BCUT2D eigenvalue weighted by Crippen LogP contribution is 2.04. The van der Waals surface area contributed by atoms with Crippen LogP contribution in [0, 0.1) is 0 Å². The molecule has 5 nitrogen and oxygen atoms in total. The van der Waals surface area contributed by atoms with E-state index in [0.29, 0.717) is 6.42 Å². The van der Waals surface area contributed by atoms with Gasteiger partial charge in [-0.1, -0.05) is 0 Å². The summed E-state index contributed by atoms with van der Waals surface area (Å²) in [6, 6.07) is 0. The highest BCUT2D eigenvalue weighted by molar-refractivity contribution is 5.90. The van der Waals surface area contributed by atoms with Crippen LogP contribution in [0.5, 0.6) is 0 Å². The average molecular weight is 196 g/mol. The van der Waals surface area contributed by atoms with Gasteiger partial charge >= 0.3 is 0 Å². The number of hydrogen-bond donors (Lipinski definition) is 2. The number of amides is 1. The molecule has 0 bridgehead atoms. The summed E-state index contributed by atoms with van der Waals surface area (Å²) >= 11 is 0. The lowest BCUT2D eigenvalue weighted by molar-refractivity contribution is -0.116. The van der Waals surface area contributed by atoms with E-state index < -0.39 is 0 Å². The minimum Gasteiger partial charge on any atom is -0.323 e. The Balaban J connectivity index is 2.27. The van der Waals surface area contributed by atoms with E-state index in [1.165, 1.54) is 0 Å². The lowest BCUT2D eigenvalue weighted by Gasteiger charge is -2.01. The third-order valence-electron chi connectivity index (χ3n) is 1.82. The number of carbonyl (C=O) groups is 1.